The third kappa shape index (κ3) is 2.03. The van der Waals surface area contributed by atoms with Crippen LogP contribution in [0.25, 0.3) is 4.96 Å². The van der Waals surface area contributed by atoms with Gasteiger partial charge in [0.1, 0.15) is 10.7 Å². The van der Waals surface area contributed by atoms with E-state index in [0.29, 0.717) is 0 Å². The van der Waals surface area contributed by atoms with Crippen molar-refractivity contribution in [1.29, 1.82) is 0 Å². The Morgan fingerprint density at radius 2 is 2.14 bits per heavy atom. The summed E-state index contributed by atoms with van der Waals surface area (Å²) in [5.74, 6) is 0. The van der Waals surface area contributed by atoms with E-state index in [1.54, 1.807) is 11.3 Å². The monoisotopic (exact) mass is 321 g/mol. The molecule has 0 unspecified atom stereocenters. The van der Waals surface area contributed by atoms with Crippen LogP contribution in [0, 0.1) is 13.8 Å². The highest BCUT2D eigenvalue weighted by Gasteiger charge is 2.14. The van der Waals surface area contributed by atoms with Crippen LogP contribution in [-0.4, -0.2) is 10.1 Å². The molecule has 0 saturated carbocycles. The summed E-state index contributed by atoms with van der Waals surface area (Å²) in [7, 11) is 0. The predicted molar refractivity (Wildman–Crippen MR) is 51.9 cm³/mol. The fraction of sp³-hybridized carbons (Fsp3) is 0.444. The molecule has 0 bridgehead atoms. The van der Waals surface area contributed by atoms with E-state index in [1.807, 2.05) is 17.5 Å². The Kier molecular flexibility index (Phi) is 3.77. The highest BCUT2D eigenvalue weighted by Crippen LogP contribution is 2.09. The van der Waals surface area contributed by atoms with Gasteiger partial charge in [0.2, 0.25) is 0 Å². The molecule has 0 aromatic carbocycles. The van der Waals surface area contributed by atoms with Crippen LogP contribution < -0.4 is 28.5 Å². The van der Waals surface area contributed by atoms with Gasteiger partial charge in [-0.25, -0.2) is 0 Å². The van der Waals surface area contributed by atoms with Gasteiger partial charge in [-0.1, -0.05) is 16.5 Å². The molecule has 2 aromatic rings. The first kappa shape index (κ1) is 11.8. The number of aryl methyl sites for hydroxylation is 3. The molecule has 3 nitrogen and oxygen atoms in total. The second-order valence-electron chi connectivity index (χ2n) is 3.08. The lowest BCUT2D eigenvalue weighted by molar-refractivity contribution is -0.585. The van der Waals surface area contributed by atoms with Gasteiger partial charge in [-0.15, -0.1) is 0 Å². The van der Waals surface area contributed by atoms with Crippen molar-refractivity contribution in [3.8, 4) is 0 Å². The molecule has 2 heterocycles. The van der Waals surface area contributed by atoms with Crippen LogP contribution in [0.4, 0.5) is 0 Å². The van der Waals surface area contributed by atoms with Crippen molar-refractivity contribution in [3.05, 3.63) is 22.5 Å². The van der Waals surface area contributed by atoms with Crippen molar-refractivity contribution in [1.82, 2.24) is 10.1 Å². The number of rotatable bonds is 1. The Hall–Kier alpha value is -0.300. The largest absolute Gasteiger partial charge is 1.00 e. The summed E-state index contributed by atoms with van der Waals surface area (Å²) in [5, 5.41) is 5.58. The van der Waals surface area contributed by atoms with Gasteiger partial charge in [0, 0.05) is 26.3 Å². The lowest BCUT2D eigenvalue weighted by Crippen LogP contribution is -3.00. The van der Waals surface area contributed by atoms with E-state index in [-0.39, 0.29) is 24.0 Å². The van der Waals surface area contributed by atoms with Crippen molar-refractivity contribution in [3.63, 3.8) is 0 Å². The topological polar surface area (TPSA) is 29.9 Å². The Morgan fingerprint density at radius 3 is 2.79 bits per heavy atom. The number of hydrogen-bond acceptors (Lipinski definition) is 3. The molecular weight excluding hydrogens is 309 g/mol. The molecule has 0 spiro atoms. The van der Waals surface area contributed by atoms with Crippen LogP contribution in [0.1, 0.15) is 23.3 Å². The minimum atomic E-state index is 0. The summed E-state index contributed by atoms with van der Waals surface area (Å²) < 4.78 is 1.91. The smallest absolute Gasteiger partial charge is 0.410 e. The molecule has 0 aliphatic rings. The zero-order chi connectivity index (χ0) is 9.42. The molecule has 0 atom stereocenters. The third-order valence-electron chi connectivity index (χ3n) is 1.93. The van der Waals surface area contributed by atoms with Crippen LogP contribution in [0.3, 0.4) is 0 Å². The molecule has 2 aromatic heterocycles. The summed E-state index contributed by atoms with van der Waals surface area (Å²) >= 11 is 1.67. The first-order valence-electron chi connectivity index (χ1n) is 4.36. The molecule has 0 radical (unpaired) electrons. The third-order valence-corrected chi connectivity index (χ3v) is 2.98. The average Bonchev–Trinajstić information content (AvgIpc) is 2.47. The zero-order valence-electron chi connectivity index (χ0n) is 8.41. The molecule has 0 fully saturated rings. The number of halogens is 1. The summed E-state index contributed by atoms with van der Waals surface area (Å²) in [6, 6.07) is 2.05. The maximum atomic E-state index is 4.44. The van der Waals surface area contributed by atoms with Gasteiger partial charge in [-0.2, -0.15) is 0 Å². The molecule has 5 heteroatoms. The van der Waals surface area contributed by atoms with Crippen LogP contribution in [-0.2, 0) is 6.42 Å². The second kappa shape index (κ2) is 4.48. The molecule has 0 aliphatic carbocycles. The van der Waals surface area contributed by atoms with Crippen molar-refractivity contribution in [2.45, 2.75) is 27.2 Å². The zero-order valence-corrected chi connectivity index (χ0v) is 11.4. The van der Waals surface area contributed by atoms with Crippen molar-refractivity contribution >= 4 is 16.3 Å². The predicted octanol–water partition coefficient (Wildman–Crippen LogP) is -1.54. The van der Waals surface area contributed by atoms with Crippen molar-refractivity contribution in [2.24, 2.45) is 0 Å². The minimum Gasteiger partial charge on any atom is -1.00 e. The molecule has 76 valence electrons. The SMILES string of the molecule is CCc1n[n+]2c(C)cc(C)nc2s1.[I-]. The maximum absolute atomic E-state index is 4.44. The second-order valence-corrected chi connectivity index (χ2v) is 4.12. The first-order chi connectivity index (χ1) is 6.20. The van der Waals surface area contributed by atoms with Gasteiger partial charge in [0.05, 0.1) is 0 Å². The van der Waals surface area contributed by atoms with E-state index in [2.05, 4.69) is 23.9 Å². The Labute approximate surface area is 104 Å². The standard InChI is InChI=1S/C9H12N3S.HI/c1-4-8-11-12-7(3)5-6(2)10-9(12)13-8;/h5H,4H2,1-3H3;1H/q+1;/p-1. The summed E-state index contributed by atoms with van der Waals surface area (Å²) in [6.45, 7) is 6.18. The quantitative estimate of drug-likeness (QED) is 0.471. The normalized spacial score (nSPS) is 10.2. The van der Waals surface area contributed by atoms with Crippen LogP contribution in [0.5, 0.6) is 0 Å². The van der Waals surface area contributed by atoms with Gasteiger partial charge in [0.25, 0.3) is 0 Å². The van der Waals surface area contributed by atoms with Gasteiger partial charge in [-0.3, -0.25) is 0 Å². The molecule has 0 amide bonds. The summed E-state index contributed by atoms with van der Waals surface area (Å²) in [5.41, 5.74) is 2.21. The van der Waals surface area contributed by atoms with Gasteiger partial charge in [-0.05, 0) is 16.3 Å². The number of hydrogen-bond donors (Lipinski definition) is 0. The number of aromatic nitrogens is 3. The average molecular weight is 321 g/mol. The molecule has 0 N–H and O–H groups in total. The van der Waals surface area contributed by atoms with E-state index in [1.165, 1.54) is 0 Å². The highest BCUT2D eigenvalue weighted by atomic mass is 127. The van der Waals surface area contributed by atoms with Crippen LogP contribution in [0.15, 0.2) is 6.07 Å². The Balaban J connectivity index is 0.000000980. The fourth-order valence-electron chi connectivity index (χ4n) is 1.31. The Morgan fingerprint density at radius 1 is 1.43 bits per heavy atom. The molecular formula is C9H12IN3S. The van der Waals surface area contributed by atoms with E-state index in [0.717, 1.165) is 27.8 Å². The fourth-order valence-corrected chi connectivity index (χ4v) is 2.25. The van der Waals surface area contributed by atoms with E-state index < -0.39 is 0 Å². The van der Waals surface area contributed by atoms with Gasteiger partial charge < -0.3 is 24.0 Å². The number of fused-ring (bicyclic) bond motifs is 1. The van der Waals surface area contributed by atoms with Crippen molar-refractivity contribution in [2.75, 3.05) is 0 Å². The Bertz CT molecular complexity index is 452. The molecule has 14 heavy (non-hydrogen) atoms. The highest BCUT2D eigenvalue weighted by molar-refractivity contribution is 7.16. The lowest BCUT2D eigenvalue weighted by atomic mass is 10.4. The van der Waals surface area contributed by atoms with Crippen LogP contribution in [0.2, 0.25) is 0 Å². The van der Waals surface area contributed by atoms with E-state index in [4.69, 9.17) is 0 Å². The van der Waals surface area contributed by atoms with Gasteiger partial charge in [0.15, 0.2) is 5.69 Å². The summed E-state index contributed by atoms with van der Waals surface area (Å²) in [4.78, 5) is 5.42. The maximum Gasteiger partial charge on any atom is 0.410 e. The lowest BCUT2D eigenvalue weighted by Gasteiger charge is -1.87. The summed E-state index contributed by atoms with van der Waals surface area (Å²) in [6.07, 6.45) is 0.979. The minimum absolute atomic E-state index is 0. The molecule has 0 aliphatic heterocycles. The number of nitrogens with zero attached hydrogens (tertiary/aromatic N) is 3. The van der Waals surface area contributed by atoms with Crippen LogP contribution >= 0.6 is 11.3 Å². The van der Waals surface area contributed by atoms with Crippen molar-refractivity contribution < 1.29 is 28.5 Å². The first-order valence-corrected chi connectivity index (χ1v) is 5.18. The van der Waals surface area contributed by atoms with E-state index >= 15 is 0 Å². The van der Waals surface area contributed by atoms with E-state index in [9.17, 15) is 0 Å². The van der Waals surface area contributed by atoms with Gasteiger partial charge >= 0.3 is 4.96 Å². The molecule has 0 saturated heterocycles. The molecule has 2 rings (SSSR count).